The third kappa shape index (κ3) is 3.33. The normalized spacial score (nSPS) is 12.2. The molecule has 7 heteroatoms. The predicted molar refractivity (Wildman–Crippen MR) is 75.5 cm³/mol. The summed E-state index contributed by atoms with van der Waals surface area (Å²) in [5.74, 6) is 0.328. The van der Waals surface area contributed by atoms with Crippen LogP contribution in [0.4, 0.5) is 0 Å². The molecule has 1 amide bonds. The minimum atomic E-state index is -0.249. The van der Waals surface area contributed by atoms with Crippen LogP contribution in [0.15, 0.2) is 18.2 Å². The Morgan fingerprint density at radius 2 is 2.30 bits per heavy atom. The number of rotatable bonds is 5. The fourth-order valence-electron chi connectivity index (χ4n) is 1.99. The Morgan fingerprint density at radius 3 is 2.90 bits per heavy atom. The second-order valence-electron chi connectivity index (χ2n) is 4.54. The lowest BCUT2D eigenvalue weighted by Gasteiger charge is -2.15. The van der Waals surface area contributed by atoms with Crippen molar-refractivity contribution in [2.45, 2.75) is 32.7 Å². The highest BCUT2D eigenvalue weighted by Crippen LogP contribution is 2.18. The largest absolute Gasteiger partial charge is 0.342 e. The zero-order valence-electron chi connectivity index (χ0n) is 11.4. The number of amides is 1. The van der Waals surface area contributed by atoms with E-state index >= 15 is 0 Å². The molecule has 0 aliphatic heterocycles. The average molecular weight is 294 g/mol. The van der Waals surface area contributed by atoms with Crippen LogP contribution >= 0.6 is 11.6 Å². The Bertz CT molecular complexity index is 584. The number of aromatic nitrogens is 4. The van der Waals surface area contributed by atoms with Crippen molar-refractivity contribution in [1.82, 2.24) is 25.9 Å². The van der Waals surface area contributed by atoms with Crippen molar-refractivity contribution in [3.8, 4) is 0 Å². The molecule has 2 rings (SSSR count). The van der Waals surface area contributed by atoms with E-state index in [4.69, 9.17) is 11.6 Å². The van der Waals surface area contributed by atoms with E-state index in [9.17, 15) is 4.79 Å². The van der Waals surface area contributed by atoms with E-state index in [1.807, 2.05) is 13.8 Å². The molecule has 106 valence electrons. The monoisotopic (exact) mass is 293 g/mol. The highest BCUT2D eigenvalue weighted by Gasteiger charge is 2.19. The molecule has 1 aromatic heterocycles. The second-order valence-corrected chi connectivity index (χ2v) is 4.98. The van der Waals surface area contributed by atoms with Crippen molar-refractivity contribution >= 4 is 17.5 Å². The number of hydrogen-bond acceptors (Lipinski definition) is 4. The van der Waals surface area contributed by atoms with Gasteiger partial charge in [0.2, 0.25) is 0 Å². The summed E-state index contributed by atoms with van der Waals surface area (Å²) in [6.07, 6.45) is 1.65. The Kier molecular flexibility index (Phi) is 4.68. The molecule has 1 heterocycles. The SMILES string of the molecule is CCC[C@H](NC(=O)c1ccc(Cl)cc1C)c1nn[nH]n1. The maximum Gasteiger partial charge on any atom is 0.252 e. The first-order valence-electron chi connectivity index (χ1n) is 6.42. The van der Waals surface area contributed by atoms with Crippen LogP contribution in [0.3, 0.4) is 0 Å². The number of halogens is 1. The maximum absolute atomic E-state index is 12.3. The van der Waals surface area contributed by atoms with E-state index in [1.54, 1.807) is 18.2 Å². The lowest BCUT2D eigenvalue weighted by Crippen LogP contribution is -2.29. The van der Waals surface area contributed by atoms with Crippen molar-refractivity contribution in [3.63, 3.8) is 0 Å². The van der Waals surface area contributed by atoms with Crippen molar-refractivity contribution in [2.24, 2.45) is 0 Å². The number of aryl methyl sites for hydroxylation is 1. The number of carbonyl (C=O) groups is 1. The highest BCUT2D eigenvalue weighted by molar-refractivity contribution is 6.30. The summed E-state index contributed by atoms with van der Waals surface area (Å²) in [4.78, 5) is 12.3. The van der Waals surface area contributed by atoms with Gasteiger partial charge in [0, 0.05) is 10.6 Å². The zero-order chi connectivity index (χ0) is 14.5. The number of carbonyl (C=O) groups excluding carboxylic acids is 1. The van der Waals surface area contributed by atoms with Crippen LogP contribution in [0.2, 0.25) is 5.02 Å². The van der Waals surface area contributed by atoms with Gasteiger partial charge in [-0.2, -0.15) is 5.21 Å². The van der Waals surface area contributed by atoms with Crippen molar-refractivity contribution in [3.05, 3.63) is 40.2 Å². The summed E-state index contributed by atoms with van der Waals surface area (Å²) in [7, 11) is 0. The minimum Gasteiger partial charge on any atom is -0.342 e. The number of hydrogen-bond donors (Lipinski definition) is 2. The maximum atomic E-state index is 12.3. The molecule has 0 fully saturated rings. The summed E-state index contributed by atoms with van der Waals surface area (Å²) >= 11 is 5.89. The molecule has 0 bridgehead atoms. The first kappa shape index (κ1) is 14.5. The van der Waals surface area contributed by atoms with Crippen LogP contribution in [-0.2, 0) is 0 Å². The standard InChI is InChI=1S/C13H16ClN5O/c1-3-4-11(12-16-18-19-17-12)15-13(20)10-6-5-9(14)7-8(10)2/h5-7,11H,3-4H2,1-2H3,(H,15,20)(H,16,17,18,19)/t11-/m0/s1. The van der Waals surface area contributed by atoms with E-state index in [0.717, 1.165) is 18.4 Å². The van der Waals surface area contributed by atoms with Crippen LogP contribution in [0, 0.1) is 6.92 Å². The molecule has 1 aromatic carbocycles. The number of nitrogens with one attached hydrogen (secondary N) is 2. The third-order valence-corrected chi connectivity index (χ3v) is 3.22. The van der Waals surface area contributed by atoms with Gasteiger partial charge in [-0.05, 0) is 37.1 Å². The first-order chi connectivity index (χ1) is 9.61. The second kappa shape index (κ2) is 6.47. The van der Waals surface area contributed by atoms with E-state index in [1.165, 1.54) is 0 Å². The molecule has 1 atom stereocenters. The van der Waals surface area contributed by atoms with Crippen molar-refractivity contribution < 1.29 is 4.79 Å². The van der Waals surface area contributed by atoms with Gasteiger partial charge < -0.3 is 5.32 Å². The van der Waals surface area contributed by atoms with Gasteiger partial charge in [0.25, 0.3) is 5.91 Å². The summed E-state index contributed by atoms with van der Waals surface area (Å²) in [5.41, 5.74) is 1.43. The quantitative estimate of drug-likeness (QED) is 0.887. The number of H-pyrrole nitrogens is 1. The molecule has 2 N–H and O–H groups in total. The molecule has 0 aliphatic rings. The average Bonchev–Trinajstić information content (AvgIpc) is 2.91. The highest BCUT2D eigenvalue weighted by atomic mass is 35.5. The van der Waals surface area contributed by atoms with Crippen LogP contribution < -0.4 is 5.32 Å². The van der Waals surface area contributed by atoms with E-state index in [2.05, 4.69) is 25.9 Å². The molecule has 0 unspecified atom stereocenters. The molecule has 2 aromatic rings. The molecular weight excluding hydrogens is 278 g/mol. The van der Waals surface area contributed by atoms with Gasteiger partial charge in [0.1, 0.15) is 0 Å². The Labute approximate surface area is 121 Å². The molecule has 0 spiro atoms. The predicted octanol–water partition coefficient (Wildman–Crippen LogP) is 2.43. The first-order valence-corrected chi connectivity index (χ1v) is 6.80. The Morgan fingerprint density at radius 1 is 1.50 bits per heavy atom. The van der Waals surface area contributed by atoms with Crippen LogP contribution in [0.1, 0.15) is 47.6 Å². The zero-order valence-corrected chi connectivity index (χ0v) is 12.1. The summed E-state index contributed by atoms with van der Waals surface area (Å²) < 4.78 is 0. The van der Waals surface area contributed by atoms with Gasteiger partial charge in [0.15, 0.2) is 5.82 Å². The fraction of sp³-hybridized carbons (Fsp3) is 0.385. The number of tetrazole rings is 1. The van der Waals surface area contributed by atoms with Gasteiger partial charge in [-0.3, -0.25) is 4.79 Å². The van der Waals surface area contributed by atoms with Gasteiger partial charge in [0.05, 0.1) is 6.04 Å². The van der Waals surface area contributed by atoms with Crippen LogP contribution in [-0.4, -0.2) is 26.5 Å². The molecule has 0 saturated heterocycles. The summed E-state index contributed by atoms with van der Waals surface area (Å²) in [6.45, 7) is 3.89. The lowest BCUT2D eigenvalue weighted by molar-refractivity contribution is 0.0932. The molecule has 6 nitrogen and oxygen atoms in total. The molecule has 20 heavy (non-hydrogen) atoms. The van der Waals surface area contributed by atoms with Crippen LogP contribution in [0.25, 0.3) is 0 Å². The molecule has 0 radical (unpaired) electrons. The van der Waals surface area contributed by atoms with Gasteiger partial charge in [-0.1, -0.05) is 30.2 Å². The third-order valence-electron chi connectivity index (χ3n) is 2.99. The lowest BCUT2D eigenvalue weighted by atomic mass is 10.1. The van der Waals surface area contributed by atoms with Gasteiger partial charge in [-0.25, -0.2) is 0 Å². The number of aromatic amines is 1. The van der Waals surface area contributed by atoms with Crippen LogP contribution in [0.5, 0.6) is 0 Å². The molecular formula is C13H16ClN5O. The smallest absolute Gasteiger partial charge is 0.252 e. The minimum absolute atomic E-state index is 0.164. The number of benzene rings is 1. The van der Waals surface area contributed by atoms with E-state index < -0.39 is 0 Å². The topological polar surface area (TPSA) is 83.6 Å². The molecule has 0 saturated carbocycles. The number of nitrogens with zero attached hydrogens (tertiary/aromatic N) is 3. The Hall–Kier alpha value is -1.95. The van der Waals surface area contributed by atoms with E-state index in [-0.39, 0.29) is 11.9 Å². The molecule has 0 aliphatic carbocycles. The van der Waals surface area contributed by atoms with Crippen molar-refractivity contribution in [2.75, 3.05) is 0 Å². The summed E-state index contributed by atoms with van der Waals surface area (Å²) in [5, 5.41) is 17.3. The van der Waals surface area contributed by atoms with Crippen molar-refractivity contribution in [1.29, 1.82) is 0 Å². The van der Waals surface area contributed by atoms with Gasteiger partial charge >= 0.3 is 0 Å². The van der Waals surface area contributed by atoms with Gasteiger partial charge in [-0.15, -0.1) is 10.2 Å². The van der Waals surface area contributed by atoms with E-state index in [0.29, 0.717) is 16.4 Å². The Balaban J connectivity index is 2.16. The summed E-state index contributed by atoms with van der Waals surface area (Å²) in [6, 6.07) is 4.93. The fourth-order valence-corrected chi connectivity index (χ4v) is 2.22.